The average molecular weight is 275 g/mol. The first-order valence-corrected chi connectivity index (χ1v) is 6.73. The molecule has 0 saturated carbocycles. The van der Waals surface area contributed by atoms with Crippen LogP contribution in [-0.2, 0) is 6.42 Å². The van der Waals surface area contributed by atoms with Gasteiger partial charge in [-0.3, -0.25) is 0 Å². The molecule has 0 saturated heterocycles. The first kappa shape index (κ1) is 12.5. The van der Waals surface area contributed by atoms with E-state index >= 15 is 0 Å². The predicted molar refractivity (Wildman–Crippen MR) is 75.9 cm³/mol. The fraction of sp³-hybridized carbons (Fsp3) is 0.250. The maximum absolute atomic E-state index is 10.5. The summed E-state index contributed by atoms with van der Waals surface area (Å²) in [5.41, 5.74) is 3.82. The van der Waals surface area contributed by atoms with Gasteiger partial charge in [-0.1, -0.05) is 29.8 Å². The standard InChI is InChI=1S/C16H15ClO2/c1-10-13(3-2-4-14(10)17)16(18)12-5-6-15-11(9-12)7-8-19-15/h2-6,9,16,18H,7-8H2,1H3. The molecule has 1 N–H and O–H groups in total. The highest BCUT2D eigenvalue weighted by atomic mass is 35.5. The summed E-state index contributed by atoms with van der Waals surface area (Å²) in [6.07, 6.45) is 0.259. The third-order valence-electron chi connectivity index (χ3n) is 3.63. The molecule has 0 fully saturated rings. The van der Waals surface area contributed by atoms with E-state index in [-0.39, 0.29) is 0 Å². The Morgan fingerprint density at radius 3 is 2.95 bits per heavy atom. The molecule has 1 atom stereocenters. The second-order valence-corrected chi connectivity index (χ2v) is 5.23. The smallest absolute Gasteiger partial charge is 0.122 e. The summed E-state index contributed by atoms with van der Waals surface area (Å²) >= 11 is 6.11. The molecule has 0 aromatic heterocycles. The van der Waals surface area contributed by atoms with Crippen molar-refractivity contribution in [3.8, 4) is 5.75 Å². The maximum Gasteiger partial charge on any atom is 0.122 e. The van der Waals surface area contributed by atoms with E-state index in [2.05, 4.69) is 0 Å². The topological polar surface area (TPSA) is 29.5 Å². The van der Waals surface area contributed by atoms with E-state index in [1.165, 1.54) is 0 Å². The molecular weight excluding hydrogens is 260 g/mol. The number of halogens is 1. The summed E-state index contributed by atoms with van der Waals surface area (Å²) < 4.78 is 5.48. The lowest BCUT2D eigenvalue weighted by Gasteiger charge is -2.15. The van der Waals surface area contributed by atoms with Gasteiger partial charge in [-0.15, -0.1) is 0 Å². The van der Waals surface area contributed by atoms with Gasteiger partial charge in [0.1, 0.15) is 11.9 Å². The lowest BCUT2D eigenvalue weighted by atomic mass is 9.96. The van der Waals surface area contributed by atoms with Crippen molar-refractivity contribution in [2.75, 3.05) is 6.61 Å². The van der Waals surface area contributed by atoms with Crippen molar-refractivity contribution in [1.82, 2.24) is 0 Å². The van der Waals surface area contributed by atoms with Gasteiger partial charge in [0.25, 0.3) is 0 Å². The van der Waals surface area contributed by atoms with E-state index in [9.17, 15) is 5.11 Å². The molecule has 0 spiro atoms. The van der Waals surface area contributed by atoms with Gasteiger partial charge >= 0.3 is 0 Å². The number of aliphatic hydroxyl groups is 1. The fourth-order valence-electron chi connectivity index (χ4n) is 2.48. The molecule has 3 heteroatoms. The van der Waals surface area contributed by atoms with Crippen LogP contribution >= 0.6 is 11.6 Å². The van der Waals surface area contributed by atoms with E-state index < -0.39 is 6.10 Å². The van der Waals surface area contributed by atoms with Crippen LogP contribution < -0.4 is 4.74 Å². The highest BCUT2D eigenvalue weighted by Crippen LogP contribution is 2.32. The minimum absolute atomic E-state index is 0.649. The quantitative estimate of drug-likeness (QED) is 0.905. The number of hydrogen-bond acceptors (Lipinski definition) is 2. The Morgan fingerprint density at radius 2 is 2.11 bits per heavy atom. The van der Waals surface area contributed by atoms with Crippen LogP contribution in [-0.4, -0.2) is 11.7 Å². The Balaban J connectivity index is 2.00. The van der Waals surface area contributed by atoms with Crippen LogP contribution in [0.15, 0.2) is 36.4 Å². The SMILES string of the molecule is Cc1c(Cl)cccc1C(O)c1ccc2c(c1)CCO2. The van der Waals surface area contributed by atoms with Crippen LogP contribution in [0.2, 0.25) is 5.02 Å². The molecule has 1 aliphatic rings. The van der Waals surface area contributed by atoms with Crippen molar-refractivity contribution in [2.24, 2.45) is 0 Å². The first-order chi connectivity index (χ1) is 9.16. The van der Waals surface area contributed by atoms with Gasteiger partial charge in [-0.2, -0.15) is 0 Å². The van der Waals surface area contributed by atoms with Gasteiger partial charge < -0.3 is 9.84 Å². The normalized spacial score (nSPS) is 14.9. The van der Waals surface area contributed by atoms with Crippen LogP contribution in [0.4, 0.5) is 0 Å². The van der Waals surface area contributed by atoms with Gasteiger partial charge in [-0.25, -0.2) is 0 Å². The van der Waals surface area contributed by atoms with Crippen LogP contribution in [0.5, 0.6) is 5.75 Å². The molecule has 1 heterocycles. The van der Waals surface area contributed by atoms with Crippen molar-refractivity contribution in [3.63, 3.8) is 0 Å². The van der Waals surface area contributed by atoms with Gasteiger partial charge in [0, 0.05) is 11.4 Å². The molecule has 3 rings (SSSR count). The lowest BCUT2D eigenvalue weighted by molar-refractivity contribution is 0.219. The Morgan fingerprint density at radius 1 is 1.26 bits per heavy atom. The van der Waals surface area contributed by atoms with Crippen LogP contribution in [0.25, 0.3) is 0 Å². The first-order valence-electron chi connectivity index (χ1n) is 6.35. The maximum atomic E-state index is 10.5. The molecule has 19 heavy (non-hydrogen) atoms. The summed E-state index contributed by atoms with van der Waals surface area (Å²) in [7, 11) is 0. The van der Waals surface area contributed by atoms with E-state index in [1.54, 1.807) is 0 Å². The minimum Gasteiger partial charge on any atom is -0.493 e. The molecule has 2 aromatic carbocycles. The van der Waals surface area contributed by atoms with E-state index in [0.29, 0.717) is 5.02 Å². The Bertz CT molecular complexity index is 622. The van der Waals surface area contributed by atoms with Crippen molar-refractivity contribution in [1.29, 1.82) is 0 Å². The van der Waals surface area contributed by atoms with Gasteiger partial charge in [0.15, 0.2) is 0 Å². The molecule has 0 radical (unpaired) electrons. The van der Waals surface area contributed by atoms with E-state index in [4.69, 9.17) is 16.3 Å². The molecule has 98 valence electrons. The molecule has 0 aliphatic carbocycles. The minimum atomic E-state index is -0.649. The largest absolute Gasteiger partial charge is 0.493 e. The second-order valence-electron chi connectivity index (χ2n) is 4.82. The van der Waals surface area contributed by atoms with Crippen molar-refractivity contribution in [3.05, 3.63) is 63.7 Å². The Kier molecular flexibility index (Phi) is 3.21. The van der Waals surface area contributed by atoms with E-state index in [0.717, 1.165) is 41.0 Å². The monoisotopic (exact) mass is 274 g/mol. The van der Waals surface area contributed by atoms with Crippen molar-refractivity contribution >= 4 is 11.6 Å². The van der Waals surface area contributed by atoms with E-state index in [1.807, 2.05) is 43.3 Å². The highest BCUT2D eigenvalue weighted by molar-refractivity contribution is 6.31. The summed E-state index contributed by atoms with van der Waals surface area (Å²) in [6, 6.07) is 11.5. The third-order valence-corrected chi connectivity index (χ3v) is 4.04. The van der Waals surface area contributed by atoms with Crippen LogP contribution in [0.3, 0.4) is 0 Å². The van der Waals surface area contributed by atoms with Crippen LogP contribution in [0, 0.1) is 6.92 Å². The summed E-state index contributed by atoms with van der Waals surface area (Å²) in [5.74, 6) is 0.929. The number of ether oxygens (including phenoxy) is 1. The molecule has 2 aromatic rings. The van der Waals surface area contributed by atoms with Crippen LogP contribution in [0.1, 0.15) is 28.4 Å². The number of hydrogen-bond donors (Lipinski definition) is 1. The van der Waals surface area contributed by atoms with Crippen molar-refractivity contribution in [2.45, 2.75) is 19.4 Å². The summed E-state index contributed by atoms with van der Waals surface area (Å²) in [6.45, 7) is 2.66. The molecule has 2 nitrogen and oxygen atoms in total. The molecule has 1 aliphatic heterocycles. The highest BCUT2D eigenvalue weighted by Gasteiger charge is 2.18. The zero-order valence-electron chi connectivity index (χ0n) is 10.7. The number of benzene rings is 2. The van der Waals surface area contributed by atoms with Gasteiger partial charge in [0.05, 0.1) is 6.61 Å². The molecule has 0 bridgehead atoms. The fourth-order valence-corrected chi connectivity index (χ4v) is 2.66. The molecule has 0 amide bonds. The number of fused-ring (bicyclic) bond motifs is 1. The Hall–Kier alpha value is -1.51. The number of rotatable bonds is 2. The molecule has 1 unspecified atom stereocenters. The predicted octanol–water partition coefficient (Wildman–Crippen LogP) is 3.67. The van der Waals surface area contributed by atoms with Gasteiger partial charge in [-0.05, 0) is 47.4 Å². The molecular formula is C16H15ClO2. The van der Waals surface area contributed by atoms with Crippen molar-refractivity contribution < 1.29 is 9.84 Å². The van der Waals surface area contributed by atoms with Gasteiger partial charge in [0.2, 0.25) is 0 Å². The average Bonchev–Trinajstić information content (AvgIpc) is 2.88. The second kappa shape index (κ2) is 4.87. The number of aliphatic hydroxyl groups excluding tert-OH is 1. The summed E-state index contributed by atoms with van der Waals surface area (Å²) in [5, 5.41) is 11.2. The zero-order valence-corrected chi connectivity index (χ0v) is 11.4. The third kappa shape index (κ3) is 2.22. The lowest BCUT2D eigenvalue weighted by Crippen LogP contribution is -2.02. The summed E-state index contributed by atoms with van der Waals surface area (Å²) in [4.78, 5) is 0. The zero-order chi connectivity index (χ0) is 13.4. The Labute approximate surface area is 117 Å².